The lowest BCUT2D eigenvalue weighted by molar-refractivity contribution is 0.393. The molecule has 0 fully saturated rings. The van der Waals surface area contributed by atoms with Crippen LogP contribution in [0, 0.1) is 0 Å². The van der Waals surface area contributed by atoms with Gasteiger partial charge in [-0.05, 0) is 13.0 Å². The number of nitrogens with zero attached hydrogens (tertiary/aromatic N) is 5. The monoisotopic (exact) mass is 191 g/mol. The van der Waals surface area contributed by atoms with Gasteiger partial charge in [-0.3, -0.25) is 0 Å². The van der Waals surface area contributed by atoms with Gasteiger partial charge in [0.15, 0.2) is 12.1 Å². The Labute approximate surface area is 80.6 Å². The first-order valence-electron chi connectivity index (χ1n) is 4.22. The van der Waals surface area contributed by atoms with E-state index in [1.165, 1.54) is 12.6 Å². The molecule has 0 bridgehead atoms. The predicted octanol–water partition coefficient (Wildman–Crippen LogP) is 1.02. The molecule has 0 saturated heterocycles. The first-order valence-corrected chi connectivity index (χ1v) is 4.22. The largest absolute Gasteiger partial charge is 0.343 e. The highest BCUT2D eigenvalue weighted by Crippen LogP contribution is 2.18. The van der Waals surface area contributed by atoms with Crippen LogP contribution in [0.4, 0.5) is 11.6 Å². The third kappa shape index (κ3) is 1.54. The zero-order valence-electron chi connectivity index (χ0n) is 7.66. The van der Waals surface area contributed by atoms with Crippen LogP contribution in [0.5, 0.6) is 0 Å². The van der Waals surface area contributed by atoms with E-state index in [4.69, 9.17) is 0 Å². The molecule has 6 nitrogen and oxygen atoms in total. The van der Waals surface area contributed by atoms with Crippen molar-refractivity contribution >= 4 is 11.6 Å². The molecule has 6 heteroatoms. The summed E-state index contributed by atoms with van der Waals surface area (Å²) in [4.78, 5) is 9.83. The van der Waals surface area contributed by atoms with Crippen molar-refractivity contribution in [2.45, 2.75) is 6.92 Å². The molecule has 0 aliphatic carbocycles. The second-order valence-corrected chi connectivity index (χ2v) is 2.57. The van der Waals surface area contributed by atoms with Gasteiger partial charge in [-0.15, -0.1) is 0 Å². The Morgan fingerprint density at radius 2 is 2.36 bits per heavy atom. The summed E-state index contributed by atoms with van der Waals surface area (Å²) < 4.78 is 4.67. The van der Waals surface area contributed by atoms with Gasteiger partial charge in [0, 0.05) is 18.0 Å². The molecule has 0 aliphatic rings. The quantitative estimate of drug-likeness (QED) is 0.721. The number of hydrogen-bond acceptors (Lipinski definition) is 6. The number of hydrogen-bond donors (Lipinski definition) is 0. The van der Waals surface area contributed by atoms with E-state index in [-0.39, 0.29) is 0 Å². The molecule has 2 aromatic heterocycles. The van der Waals surface area contributed by atoms with Crippen LogP contribution in [0.2, 0.25) is 0 Å². The maximum atomic E-state index is 4.67. The Hall–Kier alpha value is -1.98. The van der Waals surface area contributed by atoms with Crippen LogP contribution in [0.15, 0.2) is 29.4 Å². The summed E-state index contributed by atoms with van der Waals surface area (Å²) in [5.41, 5.74) is 0. The van der Waals surface area contributed by atoms with Crippen LogP contribution in [0.25, 0.3) is 0 Å². The average molecular weight is 191 g/mol. The molecule has 2 heterocycles. The first kappa shape index (κ1) is 8.61. The van der Waals surface area contributed by atoms with Gasteiger partial charge in [0.2, 0.25) is 0 Å². The van der Waals surface area contributed by atoms with Crippen molar-refractivity contribution in [2.24, 2.45) is 0 Å². The summed E-state index contributed by atoms with van der Waals surface area (Å²) >= 11 is 0. The van der Waals surface area contributed by atoms with Crippen molar-refractivity contribution in [1.29, 1.82) is 0 Å². The van der Waals surface area contributed by atoms with E-state index in [0.717, 1.165) is 12.4 Å². The normalized spacial score (nSPS) is 10.1. The van der Waals surface area contributed by atoms with E-state index >= 15 is 0 Å². The summed E-state index contributed by atoms with van der Waals surface area (Å²) in [6.45, 7) is 2.74. The molecule has 2 aromatic rings. The molecule has 72 valence electrons. The topological polar surface area (TPSA) is 67.9 Å². The first-order chi connectivity index (χ1) is 6.92. The van der Waals surface area contributed by atoms with Crippen molar-refractivity contribution in [3.05, 3.63) is 24.9 Å². The summed E-state index contributed by atoms with van der Waals surface area (Å²) in [6.07, 6.45) is 4.65. The lowest BCUT2D eigenvalue weighted by Crippen LogP contribution is -2.17. The fraction of sp³-hybridized carbons (Fsp3) is 0.250. The summed E-state index contributed by atoms with van der Waals surface area (Å²) in [6, 6.07) is 1.80. The van der Waals surface area contributed by atoms with E-state index in [1.807, 2.05) is 11.8 Å². The van der Waals surface area contributed by atoms with E-state index in [1.54, 1.807) is 12.3 Å². The second kappa shape index (κ2) is 3.82. The van der Waals surface area contributed by atoms with Gasteiger partial charge < -0.3 is 9.42 Å². The minimum Gasteiger partial charge on any atom is -0.343 e. The molecule has 0 saturated carbocycles. The Morgan fingerprint density at radius 1 is 1.43 bits per heavy atom. The summed E-state index contributed by atoms with van der Waals surface area (Å²) in [5, 5.41) is 7.22. The van der Waals surface area contributed by atoms with Gasteiger partial charge in [0.1, 0.15) is 12.1 Å². The van der Waals surface area contributed by atoms with Crippen molar-refractivity contribution < 1.29 is 4.52 Å². The molecular formula is C8H9N5O. The molecular weight excluding hydrogens is 182 g/mol. The Bertz CT molecular complexity index is 374. The van der Waals surface area contributed by atoms with Crippen LogP contribution >= 0.6 is 0 Å². The highest BCUT2D eigenvalue weighted by Gasteiger charge is 2.10. The number of aromatic nitrogens is 4. The lowest BCUT2D eigenvalue weighted by Gasteiger charge is -2.16. The molecule has 0 atom stereocenters. The molecule has 14 heavy (non-hydrogen) atoms. The fourth-order valence-corrected chi connectivity index (χ4v) is 1.16. The fourth-order valence-electron chi connectivity index (χ4n) is 1.16. The zero-order valence-corrected chi connectivity index (χ0v) is 7.66. The van der Waals surface area contributed by atoms with Gasteiger partial charge in [-0.25, -0.2) is 9.97 Å². The highest BCUT2D eigenvalue weighted by atomic mass is 16.5. The van der Waals surface area contributed by atoms with Crippen LogP contribution in [0.1, 0.15) is 6.92 Å². The molecule has 0 amide bonds. The molecule has 0 unspecified atom stereocenters. The summed E-state index contributed by atoms with van der Waals surface area (Å²) in [7, 11) is 0. The third-order valence-corrected chi connectivity index (χ3v) is 1.78. The molecule has 0 aliphatic heterocycles. The SMILES string of the molecule is CCN(c1ccncn1)c1conn1. The molecule has 0 radical (unpaired) electrons. The lowest BCUT2D eigenvalue weighted by atomic mass is 10.4. The number of rotatable bonds is 3. The maximum Gasteiger partial charge on any atom is 0.198 e. The van der Waals surface area contributed by atoms with Crippen LogP contribution < -0.4 is 4.90 Å². The van der Waals surface area contributed by atoms with Gasteiger partial charge in [0.05, 0.1) is 0 Å². The number of anilines is 2. The molecule has 0 spiro atoms. The highest BCUT2D eigenvalue weighted by molar-refractivity contribution is 5.52. The minimum absolute atomic E-state index is 0.645. The third-order valence-electron chi connectivity index (χ3n) is 1.78. The van der Waals surface area contributed by atoms with Crippen molar-refractivity contribution in [2.75, 3.05) is 11.4 Å². The molecule has 2 rings (SSSR count). The van der Waals surface area contributed by atoms with Crippen LogP contribution in [-0.2, 0) is 0 Å². The van der Waals surface area contributed by atoms with Crippen LogP contribution in [0.3, 0.4) is 0 Å². The van der Waals surface area contributed by atoms with Crippen LogP contribution in [-0.4, -0.2) is 26.9 Å². The zero-order chi connectivity index (χ0) is 9.80. The van der Waals surface area contributed by atoms with E-state index in [0.29, 0.717) is 5.82 Å². The standard InChI is InChI=1S/C8H9N5O/c1-2-13(8-5-14-12-11-8)7-3-4-9-6-10-7/h3-6H,2H2,1H3. The van der Waals surface area contributed by atoms with E-state index in [9.17, 15) is 0 Å². The van der Waals surface area contributed by atoms with Crippen molar-refractivity contribution in [3.63, 3.8) is 0 Å². The van der Waals surface area contributed by atoms with Gasteiger partial charge >= 0.3 is 0 Å². The van der Waals surface area contributed by atoms with Gasteiger partial charge in [0.25, 0.3) is 0 Å². The molecule has 0 aromatic carbocycles. The second-order valence-electron chi connectivity index (χ2n) is 2.57. The Kier molecular flexibility index (Phi) is 2.35. The minimum atomic E-state index is 0.645. The average Bonchev–Trinajstić information content (AvgIpc) is 2.74. The van der Waals surface area contributed by atoms with Crippen molar-refractivity contribution in [3.8, 4) is 0 Å². The summed E-state index contributed by atoms with van der Waals surface area (Å²) in [5.74, 6) is 1.42. The van der Waals surface area contributed by atoms with E-state index in [2.05, 4.69) is 24.9 Å². The molecule has 0 N–H and O–H groups in total. The maximum absolute atomic E-state index is 4.67. The van der Waals surface area contributed by atoms with E-state index < -0.39 is 0 Å². The predicted molar refractivity (Wildman–Crippen MR) is 49.0 cm³/mol. The van der Waals surface area contributed by atoms with Gasteiger partial charge in [-0.2, -0.15) is 0 Å². The van der Waals surface area contributed by atoms with Crippen molar-refractivity contribution in [1.82, 2.24) is 20.3 Å². The smallest absolute Gasteiger partial charge is 0.198 e. The Balaban J connectivity index is 2.31. The van der Waals surface area contributed by atoms with Gasteiger partial charge in [-0.1, -0.05) is 5.10 Å². The Morgan fingerprint density at radius 3 is 2.93 bits per heavy atom.